The maximum Gasteiger partial charge on any atom is 0.305 e. The van der Waals surface area contributed by atoms with E-state index in [1.165, 1.54) is 5.56 Å². The number of rotatable bonds is 4. The van der Waals surface area contributed by atoms with Crippen molar-refractivity contribution in [2.24, 2.45) is 0 Å². The molecule has 0 bridgehead atoms. The van der Waals surface area contributed by atoms with Gasteiger partial charge in [-0.25, -0.2) is 0 Å². The zero-order valence-electron chi connectivity index (χ0n) is 9.50. The number of aliphatic carboxylic acids is 1. The Hall–Kier alpha value is -2.17. The van der Waals surface area contributed by atoms with E-state index in [2.05, 4.69) is 10.3 Å². The number of carboxylic acids is 1. The maximum absolute atomic E-state index is 10.4. The van der Waals surface area contributed by atoms with E-state index in [4.69, 9.17) is 5.11 Å². The molecule has 2 rings (SSSR count). The molecule has 0 aliphatic rings. The number of aryl methyl sites for hydroxylation is 2. The van der Waals surface area contributed by atoms with Crippen LogP contribution in [-0.4, -0.2) is 26.1 Å². The first-order chi connectivity index (χ1) is 8.15. The first kappa shape index (κ1) is 11.3. The summed E-state index contributed by atoms with van der Waals surface area (Å²) in [6.45, 7) is 2.36. The van der Waals surface area contributed by atoms with Gasteiger partial charge in [0.25, 0.3) is 0 Å². The quantitative estimate of drug-likeness (QED) is 0.870. The Balaban J connectivity index is 2.12. The van der Waals surface area contributed by atoms with Crippen LogP contribution in [0, 0.1) is 6.92 Å². The Morgan fingerprint density at radius 2 is 2.06 bits per heavy atom. The number of carbonyl (C=O) groups is 1. The monoisotopic (exact) mass is 231 g/mol. The Kier molecular flexibility index (Phi) is 3.18. The van der Waals surface area contributed by atoms with Gasteiger partial charge in [-0.05, 0) is 6.92 Å². The van der Waals surface area contributed by atoms with Crippen LogP contribution in [0.3, 0.4) is 0 Å². The second-order valence-electron chi connectivity index (χ2n) is 3.88. The molecule has 0 aliphatic carbocycles. The van der Waals surface area contributed by atoms with Crippen LogP contribution in [0.4, 0.5) is 0 Å². The van der Waals surface area contributed by atoms with E-state index in [1.807, 2.05) is 31.2 Å². The van der Waals surface area contributed by atoms with Gasteiger partial charge in [0.1, 0.15) is 5.69 Å². The minimum Gasteiger partial charge on any atom is -0.481 e. The molecule has 2 aromatic rings. The SMILES string of the molecule is Cc1ccc(-c2cn(CCC(=O)O)nn2)cc1. The molecule has 17 heavy (non-hydrogen) atoms. The van der Waals surface area contributed by atoms with E-state index in [0.29, 0.717) is 6.54 Å². The molecule has 0 fully saturated rings. The third kappa shape index (κ3) is 2.90. The molecule has 5 nitrogen and oxygen atoms in total. The van der Waals surface area contributed by atoms with Crippen molar-refractivity contribution >= 4 is 5.97 Å². The van der Waals surface area contributed by atoms with E-state index in [-0.39, 0.29) is 6.42 Å². The second kappa shape index (κ2) is 4.78. The predicted octanol–water partition coefficient (Wildman–Crippen LogP) is 1.73. The van der Waals surface area contributed by atoms with Crippen molar-refractivity contribution in [3.8, 4) is 11.3 Å². The summed E-state index contributed by atoms with van der Waals surface area (Å²) in [5.41, 5.74) is 2.93. The van der Waals surface area contributed by atoms with Crippen LogP contribution in [0.1, 0.15) is 12.0 Å². The lowest BCUT2D eigenvalue weighted by molar-refractivity contribution is -0.137. The number of nitrogens with zero attached hydrogens (tertiary/aromatic N) is 3. The Labute approximate surface area is 98.7 Å². The van der Waals surface area contributed by atoms with E-state index in [9.17, 15) is 4.79 Å². The molecule has 1 heterocycles. The van der Waals surface area contributed by atoms with Crippen LogP contribution in [0.5, 0.6) is 0 Å². The van der Waals surface area contributed by atoms with Gasteiger partial charge in [-0.3, -0.25) is 9.48 Å². The van der Waals surface area contributed by atoms with Crippen LogP contribution in [-0.2, 0) is 11.3 Å². The highest BCUT2D eigenvalue weighted by Crippen LogP contribution is 2.16. The number of benzene rings is 1. The molecular weight excluding hydrogens is 218 g/mol. The largest absolute Gasteiger partial charge is 0.481 e. The van der Waals surface area contributed by atoms with E-state index < -0.39 is 5.97 Å². The number of hydrogen-bond donors (Lipinski definition) is 1. The number of aromatic nitrogens is 3. The van der Waals surface area contributed by atoms with Crippen molar-refractivity contribution in [3.63, 3.8) is 0 Å². The molecule has 5 heteroatoms. The summed E-state index contributed by atoms with van der Waals surface area (Å²) in [6, 6.07) is 7.96. The highest BCUT2D eigenvalue weighted by molar-refractivity contribution is 5.66. The van der Waals surface area contributed by atoms with Gasteiger partial charge in [0.15, 0.2) is 0 Å². The first-order valence-electron chi connectivity index (χ1n) is 5.34. The van der Waals surface area contributed by atoms with Crippen molar-refractivity contribution < 1.29 is 9.90 Å². The molecule has 0 spiro atoms. The second-order valence-corrected chi connectivity index (χ2v) is 3.88. The zero-order chi connectivity index (χ0) is 12.3. The standard InChI is InChI=1S/C12H13N3O2/c1-9-2-4-10(5-3-9)11-8-15(14-13-11)7-6-12(16)17/h2-5,8H,6-7H2,1H3,(H,16,17). The Bertz CT molecular complexity index is 517. The van der Waals surface area contributed by atoms with Crippen molar-refractivity contribution in [3.05, 3.63) is 36.0 Å². The lowest BCUT2D eigenvalue weighted by atomic mass is 10.1. The molecule has 1 aromatic heterocycles. The third-order valence-corrected chi connectivity index (χ3v) is 2.44. The minimum absolute atomic E-state index is 0.0523. The van der Waals surface area contributed by atoms with Crippen LogP contribution >= 0.6 is 0 Å². The molecule has 1 aromatic carbocycles. The van der Waals surface area contributed by atoms with Crippen molar-refractivity contribution in [1.82, 2.24) is 15.0 Å². The lowest BCUT2D eigenvalue weighted by Crippen LogP contribution is -2.04. The smallest absolute Gasteiger partial charge is 0.305 e. The van der Waals surface area contributed by atoms with Gasteiger partial charge in [-0.15, -0.1) is 5.10 Å². The van der Waals surface area contributed by atoms with Gasteiger partial charge in [-0.2, -0.15) is 0 Å². The Morgan fingerprint density at radius 1 is 1.35 bits per heavy atom. The average molecular weight is 231 g/mol. The molecule has 0 amide bonds. The lowest BCUT2D eigenvalue weighted by Gasteiger charge is -1.96. The highest BCUT2D eigenvalue weighted by Gasteiger charge is 2.04. The normalized spacial score (nSPS) is 10.4. The molecule has 88 valence electrons. The van der Waals surface area contributed by atoms with E-state index in [1.54, 1.807) is 10.9 Å². The van der Waals surface area contributed by atoms with E-state index in [0.717, 1.165) is 11.3 Å². The van der Waals surface area contributed by atoms with Gasteiger partial charge in [0.05, 0.1) is 19.2 Å². The number of hydrogen-bond acceptors (Lipinski definition) is 3. The summed E-state index contributed by atoms with van der Waals surface area (Å²) in [4.78, 5) is 10.4. The van der Waals surface area contributed by atoms with Crippen LogP contribution in [0.2, 0.25) is 0 Å². The summed E-state index contributed by atoms with van der Waals surface area (Å²) in [5, 5.41) is 16.5. The summed E-state index contributed by atoms with van der Waals surface area (Å²) >= 11 is 0. The summed E-state index contributed by atoms with van der Waals surface area (Å²) < 4.78 is 1.54. The van der Waals surface area contributed by atoms with E-state index >= 15 is 0 Å². The zero-order valence-corrected chi connectivity index (χ0v) is 9.50. The summed E-state index contributed by atoms with van der Waals surface area (Å²) in [7, 11) is 0. The first-order valence-corrected chi connectivity index (χ1v) is 5.34. The van der Waals surface area contributed by atoms with Gasteiger partial charge < -0.3 is 5.11 Å². The molecular formula is C12H13N3O2. The van der Waals surface area contributed by atoms with Gasteiger partial charge in [0, 0.05) is 5.56 Å². The van der Waals surface area contributed by atoms with Gasteiger partial charge >= 0.3 is 5.97 Å². The fourth-order valence-corrected chi connectivity index (χ4v) is 1.47. The summed E-state index contributed by atoms with van der Waals surface area (Å²) in [6.07, 6.45) is 1.81. The fraction of sp³-hybridized carbons (Fsp3) is 0.250. The molecule has 1 N–H and O–H groups in total. The topological polar surface area (TPSA) is 68.0 Å². The molecule has 0 saturated heterocycles. The predicted molar refractivity (Wildman–Crippen MR) is 62.4 cm³/mol. The fourth-order valence-electron chi connectivity index (χ4n) is 1.47. The maximum atomic E-state index is 10.4. The molecule has 0 atom stereocenters. The molecule has 0 saturated carbocycles. The molecule has 0 aliphatic heterocycles. The highest BCUT2D eigenvalue weighted by atomic mass is 16.4. The third-order valence-electron chi connectivity index (χ3n) is 2.44. The van der Waals surface area contributed by atoms with Gasteiger partial charge in [-0.1, -0.05) is 35.0 Å². The van der Waals surface area contributed by atoms with Crippen LogP contribution in [0.25, 0.3) is 11.3 Å². The van der Waals surface area contributed by atoms with Crippen molar-refractivity contribution in [2.45, 2.75) is 19.9 Å². The van der Waals surface area contributed by atoms with Crippen molar-refractivity contribution in [1.29, 1.82) is 0 Å². The number of carboxylic acid groups (broad SMARTS) is 1. The van der Waals surface area contributed by atoms with Crippen LogP contribution in [0.15, 0.2) is 30.5 Å². The average Bonchev–Trinajstić information content (AvgIpc) is 2.76. The van der Waals surface area contributed by atoms with Gasteiger partial charge in [0.2, 0.25) is 0 Å². The molecule has 0 unspecified atom stereocenters. The Morgan fingerprint density at radius 3 is 2.71 bits per heavy atom. The minimum atomic E-state index is -0.836. The van der Waals surface area contributed by atoms with Crippen LogP contribution < -0.4 is 0 Å². The van der Waals surface area contributed by atoms with Crippen molar-refractivity contribution in [2.75, 3.05) is 0 Å². The summed E-state index contributed by atoms with van der Waals surface area (Å²) in [5.74, 6) is -0.836. The molecule has 0 radical (unpaired) electrons.